The van der Waals surface area contributed by atoms with Crippen molar-refractivity contribution < 1.29 is 121 Å². The van der Waals surface area contributed by atoms with Crippen LogP contribution < -0.4 is 57.1 Å². The summed E-state index contributed by atoms with van der Waals surface area (Å²) in [6, 6.07) is 30.2. The number of pyridine rings is 2. The maximum atomic E-state index is 15.1. The number of aliphatic imine (C=N–C) groups is 5. The zero-order valence-electron chi connectivity index (χ0n) is 83.1. The number of aromatic nitrogens is 4. The molecular formula is C97H111F6N21O21S5. The molecule has 14 aliphatic rings. The van der Waals surface area contributed by atoms with Crippen LogP contribution in [0.15, 0.2) is 165 Å². The molecule has 13 heterocycles. The van der Waals surface area contributed by atoms with Gasteiger partial charge in [0.2, 0.25) is 97.6 Å². The van der Waals surface area contributed by atoms with Crippen LogP contribution in [-0.2, 0) is 101 Å². The number of sulfonamides is 5. The third kappa shape index (κ3) is 19.8. The first-order valence-electron chi connectivity index (χ1n) is 47.5. The number of fused-ring (bicyclic) bond motifs is 5. The van der Waals surface area contributed by atoms with Gasteiger partial charge in [0, 0.05) is 86.9 Å². The average Bonchev–Trinajstić information content (AvgIpc) is 0.784. The zero-order chi connectivity index (χ0) is 108. The molecule has 0 amide bonds. The molecule has 15 atom stereocenters. The minimum absolute atomic E-state index is 0.00189. The van der Waals surface area contributed by atoms with Crippen LogP contribution in [0.25, 0.3) is 0 Å². The molecule has 150 heavy (non-hydrogen) atoms. The first kappa shape index (κ1) is 108. The van der Waals surface area contributed by atoms with Crippen LogP contribution in [0.3, 0.4) is 0 Å². The Kier molecular flexibility index (Phi) is 29.1. The van der Waals surface area contributed by atoms with Gasteiger partial charge in [0.1, 0.15) is 112 Å². The largest absolute Gasteiger partial charge is 0.493 e. The number of nitrogens with zero attached hydrogens (tertiary/aromatic N) is 16. The Labute approximate surface area is 862 Å². The molecule has 4 aliphatic carbocycles. The smallest absolute Gasteiger partial charge is 0.255 e. The number of guanidine groups is 5. The minimum atomic E-state index is -3.93. The predicted molar refractivity (Wildman–Crippen MR) is 531 cm³/mol. The maximum Gasteiger partial charge on any atom is 0.255 e. The molecule has 5 aromatic carbocycles. The summed E-state index contributed by atoms with van der Waals surface area (Å²) in [6.07, 6.45) is 9.38. The van der Waals surface area contributed by atoms with E-state index in [9.17, 15) is 60.5 Å². The SMILES string of the molecule is COc1cncc(Oc2ccc(F)c([C@]34CO[C@@H](C)C[C@H]3S(=O)(=O)N(C)C(N)=N4)c2)n1.C[C@H]1C[C@@H]2[C@](c3cc(OCC45CC(C#N)(C4)C5)ccc3F)(CO1)N=C(N)N(C)S2(=O)=O.C[C@H]1C[C@@H]2[C@](c3cc(OCC4CC4)ccc3F)(CO1)N=C(N)N(C)S2(=O)=O.C[C@H]1C[C@@H]2[C@](c3cc(Oc4cc(C#N)ccn4)ccc3F)(CO1)N=C(N)N(C)S2(=O)=O.C[C@H]1C[C@@H]2[C@](c3cc(Oc4ncccc4F)ccc3F)(CO1)N=C(N)N(C)S2(=O)=O. The predicted octanol–water partition coefficient (Wildman–Crippen LogP) is 8.78. The quantitative estimate of drug-likeness (QED) is 0.0501. The normalized spacial score (nSPS) is 30.9. The van der Waals surface area contributed by atoms with Gasteiger partial charge in [-0.05, 0) is 214 Å². The third-order valence-corrected chi connectivity index (χ3v) is 40.7. The topological polar surface area (TPSA) is 579 Å². The Morgan fingerprint density at radius 2 is 0.720 bits per heavy atom. The third-order valence-electron chi connectivity index (χ3n) is 29.4. The van der Waals surface area contributed by atoms with Crippen molar-refractivity contribution in [3.63, 3.8) is 0 Å². The molecule has 10 N–H and O–H groups in total. The summed E-state index contributed by atoms with van der Waals surface area (Å²) < 4.78 is 287. The Balaban J connectivity index is 0.000000128. The molecule has 53 heteroatoms. The van der Waals surface area contributed by atoms with Gasteiger partial charge in [0.05, 0.1) is 119 Å². The van der Waals surface area contributed by atoms with Gasteiger partial charge in [-0.25, -0.2) is 125 Å². The van der Waals surface area contributed by atoms with Crippen molar-refractivity contribution in [2.45, 2.75) is 183 Å². The Hall–Kier alpha value is -13.3. The summed E-state index contributed by atoms with van der Waals surface area (Å²) in [5.74, 6) is -2.80. The highest BCUT2D eigenvalue weighted by Crippen LogP contribution is 2.73. The fourth-order valence-corrected chi connectivity index (χ4v) is 30.6. The molecule has 42 nitrogen and oxygen atoms in total. The fourth-order valence-electron chi connectivity index (χ4n) is 20.9. The van der Waals surface area contributed by atoms with Gasteiger partial charge >= 0.3 is 0 Å². The van der Waals surface area contributed by atoms with E-state index in [2.05, 4.69) is 51.0 Å². The van der Waals surface area contributed by atoms with Gasteiger partial charge in [-0.15, -0.1) is 0 Å². The molecule has 10 aliphatic heterocycles. The molecule has 2 bridgehead atoms. The van der Waals surface area contributed by atoms with Crippen molar-refractivity contribution in [1.82, 2.24) is 41.5 Å². The van der Waals surface area contributed by atoms with Crippen molar-refractivity contribution in [3.8, 4) is 64.4 Å². The number of halogens is 6. The summed E-state index contributed by atoms with van der Waals surface area (Å²) in [5, 5.41) is 13.1. The average molecular weight is 2180 g/mol. The van der Waals surface area contributed by atoms with Crippen LogP contribution in [0.4, 0.5) is 26.3 Å². The van der Waals surface area contributed by atoms with E-state index in [1.807, 2.05) is 6.07 Å². The van der Waals surface area contributed by atoms with E-state index in [-0.39, 0.29) is 205 Å². The van der Waals surface area contributed by atoms with E-state index >= 15 is 13.2 Å². The van der Waals surface area contributed by atoms with Gasteiger partial charge in [0.15, 0.2) is 5.82 Å². The number of benzene rings is 5. The second kappa shape index (κ2) is 40.5. The lowest BCUT2D eigenvalue weighted by Gasteiger charge is -2.66. The summed E-state index contributed by atoms with van der Waals surface area (Å²) >= 11 is 0. The van der Waals surface area contributed by atoms with Crippen LogP contribution in [0.5, 0.6) is 52.3 Å². The molecule has 0 radical (unpaired) electrons. The molecule has 4 saturated carbocycles. The molecule has 9 fully saturated rings. The highest BCUT2D eigenvalue weighted by molar-refractivity contribution is 7.91. The highest BCUT2D eigenvalue weighted by Gasteiger charge is 2.69. The van der Waals surface area contributed by atoms with Crippen LogP contribution in [0.1, 0.15) is 132 Å². The lowest BCUT2D eigenvalue weighted by molar-refractivity contribution is -0.181. The van der Waals surface area contributed by atoms with Gasteiger partial charge in [0.25, 0.3) is 5.88 Å². The van der Waals surface area contributed by atoms with Crippen molar-refractivity contribution in [1.29, 1.82) is 10.5 Å². The first-order chi connectivity index (χ1) is 70.8. The molecule has 0 spiro atoms. The number of nitrogens with two attached hydrogens (primary N) is 5. The number of hydrogen-bond acceptors (Lipinski definition) is 37. The second-order valence-electron chi connectivity index (χ2n) is 39.4. The fraction of sp³-hybridized carbons (Fsp3) is 0.474. The molecule has 22 rings (SSSR count). The monoisotopic (exact) mass is 2180 g/mol. The molecule has 5 saturated heterocycles. The van der Waals surface area contributed by atoms with E-state index in [0.29, 0.717) is 36.2 Å². The molecule has 0 unspecified atom stereocenters. The molecular weight excluding hydrogens is 2070 g/mol. The molecule has 8 aromatic rings. The van der Waals surface area contributed by atoms with Crippen molar-refractivity contribution in [2.75, 3.05) is 88.6 Å². The van der Waals surface area contributed by atoms with Crippen LogP contribution >= 0.6 is 0 Å². The van der Waals surface area contributed by atoms with Crippen LogP contribution in [0, 0.1) is 74.3 Å². The van der Waals surface area contributed by atoms with Crippen LogP contribution in [-0.4, -0.2) is 259 Å². The highest BCUT2D eigenvalue weighted by atomic mass is 32.2. The van der Waals surface area contributed by atoms with E-state index in [1.54, 1.807) is 46.8 Å². The van der Waals surface area contributed by atoms with E-state index in [0.717, 1.165) is 59.7 Å². The van der Waals surface area contributed by atoms with Gasteiger partial charge < -0.3 is 80.8 Å². The van der Waals surface area contributed by atoms with E-state index in [4.69, 9.17) is 86.0 Å². The van der Waals surface area contributed by atoms with Gasteiger partial charge in [-0.2, -0.15) is 15.5 Å². The number of hydrogen-bond donors (Lipinski definition) is 5. The van der Waals surface area contributed by atoms with Gasteiger partial charge in [-0.1, -0.05) is 0 Å². The Morgan fingerprint density at radius 1 is 0.400 bits per heavy atom. The number of rotatable bonds is 18. The van der Waals surface area contributed by atoms with Crippen molar-refractivity contribution >= 4 is 79.9 Å². The summed E-state index contributed by atoms with van der Waals surface area (Å²) in [5.41, 5.74) is 22.3. The van der Waals surface area contributed by atoms with Crippen LogP contribution in [0.2, 0.25) is 0 Å². The number of ether oxygens (including phenoxy) is 11. The summed E-state index contributed by atoms with van der Waals surface area (Å²) in [4.78, 5) is 38.1. The maximum absolute atomic E-state index is 15.1. The second-order valence-corrected chi connectivity index (χ2v) is 50.2. The minimum Gasteiger partial charge on any atom is -0.493 e. The lowest BCUT2D eigenvalue weighted by atomic mass is 9.36. The summed E-state index contributed by atoms with van der Waals surface area (Å²) in [6.45, 7) is 9.20. The molecule has 802 valence electrons. The van der Waals surface area contributed by atoms with Gasteiger partial charge in [-0.3, -0.25) is 4.98 Å². The first-order valence-corrected chi connectivity index (χ1v) is 55.1. The number of nitriles is 2. The summed E-state index contributed by atoms with van der Waals surface area (Å²) in [7, 11) is -11.3. The molecule has 3 aromatic heterocycles. The van der Waals surface area contributed by atoms with E-state index in [1.165, 1.54) is 164 Å². The van der Waals surface area contributed by atoms with E-state index < -0.39 is 139 Å². The lowest BCUT2D eigenvalue weighted by Crippen LogP contribution is -2.63. The number of methoxy groups -OCH3 is 1. The van der Waals surface area contributed by atoms with Crippen molar-refractivity contribution in [2.24, 2.45) is 70.4 Å². The zero-order valence-corrected chi connectivity index (χ0v) is 87.2. The van der Waals surface area contributed by atoms with Crippen molar-refractivity contribution in [3.05, 3.63) is 208 Å². The Morgan fingerprint density at radius 3 is 1.05 bits per heavy atom. The Bertz CT molecular complexity index is 7490. The standard InChI is InChI=1S/C21H25FN4O4S.C20H20FN5O4S.C19H20F2N4O4S.C19H22FN5O5S.C18H24FN3O4S/c1-13-5-17-21(12-29-13,25-18(24)26(2)31(17,27)28)15-6-14(3-4-16(15)22)30-11-20-7-19(8-20,9-20)10-23;1-12-7-17-20(11-29-12,25-19(23)26(2)31(17,27)28)15-9-14(3-4-16(15)21)30-18-8-13(10-22)5-6-24-18;1-11-8-16-19(10-28-11,24-18(22)25(2)30(16,26)27)13-9-12(5-6-14(13)20)29-17-15(21)4-3-7-23-17;1-11-6-15-19(10-29-11,24-18(21)25(2)31(15,26)27)13-7-12(4-5-14(13)20)30-17-9-22-8-16(23-17)28-3;1-11-7-16-18(10-26-11,21-17(20)22(2)27(16,23)24)14-8-13(5-6-15(14)19)25-9-12-3-4-12/h3-4,6,13,17H,5,7-9,11-12H2,1-2H3,(H2,24,25);3-6,8-9,12,17H,7,11H2,1-2H3,(H2,23,25);3-7,9,11,16H,8,10H2,1-2H3,(H2,22,24);4-5,7-9,11,15H,6,10H2,1-3H3,(H2,21,24);5-6,8,11-12,16H,3-4,7,9-10H2,1-2H3,(H2,20,21)/t13-,17+,19?,20?,21+;12-,17+,20+;11-,16+,19+;11-,15+,19+;11-,16+,18+/m00000/s1.